The molecule has 3 rings (SSSR count). The van der Waals surface area contributed by atoms with Gasteiger partial charge in [0.2, 0.25) is 0 Å². The molecule has 142 valence electrons. The number of hydrogen-bond donors (Lipinski definition) is 0. The summed E-state index contributed by atoms with van der Waals surface area (Å²) in [6, 6.07) is 15.3. The molecule has 1 heterocycles. The van der Waals surface area contributed by atoms with Gasteiger partial charge in [-0.05, 0) is 35.9 Å². The first-order chi connectivity index (χ1) is 13.1. The van der Waals surface area contributed by atoms with Crippen LogP contribution in [-0.2, 0) is 21.8 Å². The van der Waals surface area contributed by atoms with Gasteiger partial charge in [-0.2, -0.15) is 0 Å². The van der Waals surface area contributed by atoms with Crippen LogP contribution in [0.15, 0.2) is 53.7 Å². The van der Waals surface area contributed by atoms with Crippen LogP contribution in [0, 0.1) is 0 Å². The minimum atomic E-state index is -0.410. The lowest BCUT2D eigenvalue weighted by Gasteiger charge is -2.17. The van der Waals surface area contributed by atoms with Crippen LogP contribution in [-0.4, -0.2) is 35.3 Å². The average Bonchev–Trinajstić information content (AvgIpc) is 3.08. The lowest BCUT2D eigenvalue weighted by Crippen LogP contribution is -2.21. The molecule has 0 bridgehead atoms. The van der Waals surface area contributed by atoms with E-state index < -0.39 is 6.29 Å². The Labute approximate surface area is 172 Å². The van der Waals surface area contributed by atoms with E-state index in [9.17, 15) is 0 Å². The Morgan fingerprint density at radius 3 is 2.37 bits per heavy atom. The molecule has 0 aliphatic heterocycles. The van der Waals surface area contributed by atoms with Crippen molar-refractivity contribution in [2.45, 2.75) is 23.7 Å². The topological polar surface area (TPSA) is 49.2 Å². The van der Waals surface area contributed by atoms with E-state index in [1.807, 2.05) is 53.1 Å². The highest BCUT2D eigenvalue weighted by molar-refractivity contribution is 7.98. The van der Waals surface area contributed by atoms with Crippen molar-refractivity contribution < 1.29 is 9.47 Å². The maximum Gasteiger partial charge on any atom is 0.191 e. The number of methoxy groups -OCH3 is 2. The third kappa shape index (κ3) is 5.03. The van der Waals surface area contributed by atoms with Crippen molar-refractivity contribution in [3.8, 4) is 11.4 Å². The quantitative estimate of drug-likeness (QED) is 0.369. The van der Waals surface area contributed by atoms with Crippen molar-refractivity contribution in [2.24, 2.45) is 0 Å². The molecule has 3 aromatic rings. The molecule has 0 N–H and O–H groups in total. The SMILES string of the molecule is COC(Cn1c(SCc2ccccc2Cl)nnc1-c1ccc(Cl)cc1)OC. The Balaban J connectivity index is 1.90. The zero-order chi connectivity index (χ0) is 19.2. The number of thioether (sulfide) groups is 1. The predicted octanol–water partition coefficient (Wildman–Crippen LogP) is 5.16. The second kappa shape index (κ2) is 9.57. The third-order valence-corrected chi connectivity index (χ3v) is 5.63. The van der Waals surface area contributed by atoms with Gasteiger partial charge in [-0.1, -0.05) is 53.2 Å². The summed E-state index contributed by atoms with van der Waals surface area (Å²) in [5, 5.41) is 10.9. The Morgan fingerprint density at radius 1 is 1.00 bits per heavy atom. The molecular weight excluding hydrogens is 405 g/mol. The first-order valence-electron chi connectivity index (χ1n) is 8.23. The molecule has 0 radical (unpaired) electrons. The van der Waals surface area contributed by atoms with Crippen LogP contribution >= 0.6 is 35.0 Å². The summed E-state index contributed by atoms with van der Waals surface area (Å²) in [7, 11) is 3.22. The molecule has 0 spiro atoms. The average molecular weight is 424 g/mol. The van der Waals surface area contributed by atoms with E-state index in [1.54, 1.807) is 26.0 Å². The molecule has 0 saturated heterocycles. The summed E-state index contributed by atoms with van der Waals surface area (Å²) < 4.78 is 12.7. The highest BCUT2D eigenvalue weighted by atomic mass is 35.5. The van der Waals surface area contributed by atoms with Crippen LogP contribution < -0.4 is 0 Å². The number of nitrogens with zero attached hydrogens (tertiary/aromatic N) is 3. The van der Waals surface area contributed by atoms with Gasteiger partial charge in [-0.3, -0.25) is 4.57 Å². The minimum absolute atomic E-state index is 0.410. The van der Waals surface area contributed by atoms with Crippen molar-refractivity contribution in [1.82, 2.24) is 14.8 Å². The molecule has 0 amide bonds. The molecule has 0 aliphatic carbocycles. The van der Waals surface area contributed by atoms with E-state index in [2.05, 4.69) is 10.2 Å². The van der Waals surface area contributed by atoms with Crippen molar-refractivity contribution in [3.63, 3.8) is 0 Å². The number of ether oxygens (including phenoxy) is 2. The van der Waals surface area contributed by atoms with Gasteiger partial charge in [0.05, 0.1) is 6.54 Å². The molecule has 0 unspecified atom stereocenters. The van der Waals surface area contributed by atoms with Gasteiger partial charge in [0.1, 0.15) is 0 Å². The highest BCUT2D eigenvalue weighted by Gasteiger charge is 2.18. The van der Waals surface area contributed by atoms with Crippen LogP contribution in [0.1, 0.15) is 5.56 Å². The van der Waals surface area contributed by atoms with Gasteiger partial charge in [0.25, 0.3) is 0 Å². The number of rotatable bonds is 8. The highest BCUT2D eigenvalue weighted by Crippen LogP contribution is 2.29. The van der Waals surface area contributed by atoms with E-state index in [4.69, 9.17) is 32.7 Å². The first kappa shape index (κ1) is 20.2. The number of aromatic nitrogens is 3. The molecule has 0 atom stereocenters. The molecule has 5 nitrogen and oxygen atoms in total. The first-order valence-corrected chi connectivity index (χ1v) is 9.97. The smallest absolute Gasteiger partial charge is 0.191 e. The third-order valence-electron chi connectivity index (χ3n) is 3.99. The van der Waals surface area contributed by atoms with Gasteiger partial charge in [0, 0.05) is 35.6 Å². The largest absolute Gasteiger partial charge is 0.354 e. The fourth-order valence-electron chi connectivity index (χ4n) is 2.52. The summed E-state index contributed by atoms with van der Waals surface area (Å²) in [6.45, 7) is 0.461. The Kier molecular flexibility index (Phi) is 7.15. The number of benzene rings is 2. The van der Waals surface area contributed by atoms with Gasteiger partial charge >= 0.3 is 0 Å². The van der Waals surface area contributed by atoms with Crippen molar-refractivity contribution in [1.29, 1.82) is 0 Å². The van der Waals surface area contributed by atoms with Crippen LogP contribution in [0.2, 0.25) is 10.0 Å². The molecular formula is C19H19Cl2N3O2S. The number of hydrogen-bond acceptors (Lipinski definition) is 5. The molecule has 0 aliphatic rings. The zero-order valence-electron chi connectivity index (χ0n) is 14.9. The van der Waals surface area contributed by atoms with E-state index in [-0.39, 0.29) is 0 Å². The lowest BCUT2D eigenvalue weighted by atomic mass is 10.2. The van der Waals surface area contributed by atoms with Crippen LogP contribution in [0.25, 0.3) is 11.4 Å². The number of halogens is 2. The summed E-state index contributed by atoms with van der Waals surface area (Å²) in [5.41, 5.74) is 1.96. The van der Waals surface area contributed by atoms with Gasteiger partial charge in [0.15, 0.2) is 17.3 Å². The van der Waals surface area contributed by atoms with Gasteiger partial charge < -0.3 is 9.47 Å². The second-order valence-electron chi connectivity index (χ2n) is 5.70. The molecule has 0 saturated carbocycles. The van der Waals surface area contributed by atoms with Gasteiger partial charge in [-0.25, -0.2) is 0 Å². The Hall–Kier alpha value is -1.57. The van der Waals surface area contributed by atoms with Crippen molar-refractivity contribution >= 4 is 35.0 Å². The predicted molar refractivity (Wildman–Crippen MR) is 109 cm³/mol. The zero-order valence-corrected chi connectivity index (χ0v) is 17.3. The van der Waals surface area contributed by atoms with Crippen LogP contribution in [0.5, 0.6) is 0 Å². The summed E-state index contributed by atoms with van der Waals surface area (Å²) in [4.78, 5) is 0. The Bertz CT molecular complexity index is 883. The Morgan fingerprint density at radius 2 is 1.70 bits per heavy atom. The fourth-order valence-corrected chi connectivity index (χ4v) is 3.88. The molecule has 8 heteroatoms. The summed E-state index contributed by atoms with van der Waals surface area (Å²) >= 11 is 13.8. The second-order valence-corrected chi connectivity index (χ2v) is 7.49. The minimum Gasteiger partial charge on any atom is -0.354 e. The fraction of sp³-hybridized carbons (Fsp3) is 0.263. The maximum absolute atomic E-state index is 6.27. The van der Waals surface area contributed by atoms with Gasteiger partial charge in [-0.15, -0.1) is 10.2 Å². The van der Waals surface area contributed by atoms with Crippen molar-refractivity contribution in [3.05, 3.63) is 64.1 Å². The molecule has 0 fully saturated rings. The normalized spacial score (nSPS) is 11.3. The maximum atomic E-state index is 6.27. The molecule has 2 aromatic carbocycles. The van der Waals surface area contributed by atoms with E-state index >= 15 is 0 Å². The molecule has 1 aromatic heterocycles. The monoisotopic (exact) mass is 423 g/mol. The van der Waals surface area contributed by atoms with Crippen LogP contribution in [0.4, 0.5) is 0 Å². The van der Waals surface area contributed by atoms with E-state index in [0.29, 0.717) is 17.3 Å². The van der Waals surface area contributed by atoms with E-state index in [0.717, 1.165) is 27.1 Å². The van der Waals surface area contributed by atoms with Crippen molar-refractivity contribution in [2.75, 3.05) is 14.2 Å². The summed E-state index contributed by atoms with van der Waals surface area (Å²) in [5.74, 6) is 1.41. The lowest BCUT2D eigenvalue weighted by molar-refractivity contribution is -0.111. The van der Waals surface area contributed by atoms with E-state index in [1.165, 1.54) is 0 Å². The molecule has 27 heavy (non-hydrogen) atoms. The standard InChI is InChI=1S/C19H19Cl2N3O2S/c1-25-17(26-2)11-24-18(13-7-9-15(20)10-8-13)22-23-19(24)27-12-14-5-3-4-6-16(14)21/h3-10,17H,11-12H2,1-2H3. The van der Waals surface area contributed by atoms with Crippen LogP contribution in [0.3, 0.4) is 0 Å². The summed E-state index contributed by atoms with van der Waals surface area (Å²) in [6.07, 6.45) is -0.410.